The molecule has 1 saturated heterocycles. The van der Waals surface area contributed by atoms with E-state index in [0.29, 0.717) is 5.88 Å². The third-order valence-electron chi connectivity index (χ3n) is 8.20. The SMILES string of the molecule is CC(C)Oc1ccc(-c2cc3c(cn2)CCc2c-3[nH]c3c2C(=O)NC2(CC2)C32CN(C)C2)cn1. The molecule has 1 saturated carbocycles. The third kappa shape index (κ3) is 2.64. The predicted octanol–water partition coefficient (Wildman–Crippen LogP) is 3.48. The number of ether oxygens (including phenoxy) is 1. The standard InChI is InChI=1S/C27H29N5O2/c1-15(2)34-21-7-5-17(12-29-21)20-10-19-16(11-28-20)4-6-18-22-24(30-23(18)19)26(13-32(3)14-26)27(8-9-27)31-25(22)33/h5,7,10-12,15,30H,4,6,8-9,13-14H2,1-3H3,(H,31,33). The number of nitrogens with one attached hydrogen (secondary N) is 2. The van der Waals surface area contributed by atoms with Gasteiger partial charge in [0.1, 0.15) is 0 Å². The Morgan fingerprint density at radius 3 is 2.62 bits per heavy atom. The van der Waals surface area contributed by atoms with Gasteiger partial charge in [-0.25, -0.2) is 4.98 Å². The van der Waals surface area contributed by atoms with Crippen molar-refractivity contribution in [3.63, 3.8) is 0 Å². The fourth-order valence-corrected chi connectivity index (χ4v) is 6.51. The summed E-state index contributed by atoms with van der Waals surface area (Å²) in [5.74, 6) is 0.722. The largest absolute Gasteiger partial charge is 0.475 e. The number of rotatable bonds is 3. The molecule has 174 valence electrons. The quantitative estimate of drug-likeness (QED) is 0.632. The highest BCUT2D eigenvalue weighted by Gasteiger charge is 2.68. The number of aromatic nitrogens is 3. The maximum atomic E-state index is 13.3. The van der Waals surface area contributed by atoms with Gasteiger partial charge in [0.15, 0.2) is 0 Å². The van der Waals surface area contributed by atoms with Gasteiger partial charge < -0.3 is 19.9 Å². The van der Waals surface area contributed by atoms with E-state index < -0.39 is 0 Å². The van der Waals surface area contributed by atoms with Crippen molar-refractivity contribution in [3.05, 3.63) is 53.0 Å². The van der Waals surface area contributed by atoms with Crippen molar-refractivity contribution < 1.29 is 9.53 Å². The molecule has 3 aromatic heterocycles. The van der Waals surface area contributed by atoms with Crippen molar-refractivity contribution in [3.8, 4) is 28.4 Å². The number of carbonyl (C=O) groups is 1. The van der Waals surface area contributed by atoms with Gasteiger partial charge in [-0.1, -0.05) is 0 Å². The maximum absolute atomic E-state index is 13.3. The van der Waals surface area contributed by atoms with Crippen molar-refractivity contribution in [2.75, 3.05) is 20.1 Å². The normalized spacial score (nSPS) is 21.0. The Morgan fingerprint density at radius 2 is 1.94 bits per heavy atom. The first-order valence-corrected chi connectivity index (χ1v) is 12.3. The van der Waals surface area contributed by atoms with Crippen LogP contribution in [0.4, 0.5) is 0 Å². The van der Waals surface area contributed by atoms with E-state index in [9.17, 15) is 4.79 Å². The topological polar surface area (TPSA) is 83.1 Å². The smallest absolute Gasteiger partial charge is 0.253 e. The molecule has 0 aromatic carbocycles. The molecule has 1 amide bonds. The van der Waals surface area contributed by atoms with Gasteiger partial charge in [0.05, 0.1) is 34.0 Å². The second-order valence-electron chi connectivity index (χ2n) is 10.8. The highest BCUT2D eigenvalue weighted by Crippen LogP contribution is 2.59. The van der Waals surface area contributed by atoms with E-state index in [1.54, 1.807) is 0 Å². The number of carbonyl (C=O) groups excluding carboxylic acids is 1. The molecule has 0 unspecified atom stereocenters. The average molecular weight is 456 g/mol. The molecular weight excluding hydrogens is 426 g/mol. The zero-order valence-corrected chi connectivity index (χ0v) is 19.9. The number of aromatic amines is 1. The van der Waals surface area contributed by atoms with Gasteiger partial charge in [-0.15, -0.1) is 0 Å². The predicted molar refractivity (Wildman–Crippen MR) is 129 cm³/mol. The Kier molecular flexibility index (Phi) is 3.98. The minimum Gasteiger partial charge on any atom is -0.475 e. The number of aryl methyl sites for hydroxylation is 1. The highest BCUT2D eigenvalue weighted by molar-refractivity contribution is 6.02. The van der Waals surface area contributed by atoms with Gasteiger partial charge in [-0.2, -0.15) is 0 Å². The average Bonchev–Trinajstić information content (AvgIpc) is 3.44. The number of hydrogen-bond donors (Lipinski definition) is 2. The van der Waals surface area contributed by atoms with Crippen LogP contribution in [0, 0.1) is 0 Å². The molecule has 2 spiro atoms. The summed E-state index contributed by atoms with van der Waals surface area (Å²) in [6.07, 6.45) is 7.80. The lowest BCUT2D eigenvalue weighted by molar-refractivity contribution is 0.0340. The fourth-order valence-electron chi connectivity index (χ4n) is 6.51. The number of fused-ring (bicyclic) bond motifs is 7. The number of amides is 1. The summed E-state index contributed by atoms with van der Waals surface area (Å²) in [5.41, 5.74) is 8.50. The molecule has 5 heterocycles. The number of nitrogens with zero attached hydrogens (tertiary/aromatic N) is 3. The molecular formula is C27H29N5O2. The molecule has 3 aromatic rings. The maximum Gasteiger partial charge on any atom is 0.253 e. The first-order chi connectivity index (χ1) is 16.4. The van der Waals surface area contributed by atoms with E-state index in [4.69, 9.17) is 9.72 Å². The summed E-state index contributed by atoms with van der Waals surface area (Å²) in [6.45, 7) is 5.96. The van der Waals surface area contributed by atoms with Gasteiger partial charge in [-0.05, 0) is 69.8 Å². The van der Waals surface area contributed by atoms with E-state index in [1.165, 1.54) is 16.8 Å². The molecule has 7 rings (SSSR count). The Hall–Kier alpha value is -3.19. The molecule has 0 atom stereocenters. The van der Waals surface area contributed by atoms with Gasteiger partial charge in [0.2, 0.25) is 5.88 Å². The first-order valence-electron chi connectivity index (χ1n) is 12.3. The van der Waals surface area contributed by atoms with Crippen LogP contribution in [0.15, 0.2) is 30.6 Å². The number of H-pyrrole nitrogens is 1. The van der Waals surface area contributed by atoms with Crippen molar-refractivity contribution in [1.29, 1.82) is 0 Å². The highest BCUT2D eigenvalue weighted by atomic mass is 16.5. The molecule has 7 heteroatoms. The van der Waals surface area contributed by atoms with Crippen LogP contribution in [-0.2, 0) is 18.3 Å². The molecule has 2 aliphatic carbocycles. The number of hydrogen-bond acceptors (Lipinski definition) is 5. The van der Waals surface area contributed by atoms with Crippen molar-refractivity contribution in [2.45, 2.75) is 56.6 Å². The number of pyridine rings is 2. The van der Waals surface area contributed by atoms with Crippen LogP contribution in [0.2, 0.25) is 0 Å². The lowest BCUT2D eigenvalue weighted by atomic mass is 9.65. The van der Waals surface area contributed by atoms with E-state index in [-0.39, 0.29) is 23.0 Å². The molecule has 2 fully saturated rings. The van der Waals surface area contributed by atoms with Gasteiger partial charge in [0.25, 0.3) is 5.91 Å². The Morgan fingerprint density at radius 1 is 1.12 bits per heavy atom. The van der Waals surface area contributed by atoms with Crippen LogP contribution < -0.4 is 10.1 Å². The van der Waals surface area contributed by atoms with E-state index in [2.05, 4.69) is 33.3 Å². The second-order valence-corrected chi connectivity index (χ2v) is 10.8. The summed E-state index contributed by atoms with van der Waals surface area (Å²) >= 11 is 0. The monoisotopic (exact) mass is 455 g/mol. The van der Waals surface area contributed by atoms with E-state index in [0.717, 1.165) is 66.9 Å². The minimum atomic E-state index is -0.0608. The molecule has 0 bridgehead atoms. The van der Waals surface area contributed by atoms with Gasteiger partial charge in [-0.3, -0.25) is 9.78 Å². The summed E-state index contributed by atoms with van der Waals surface area (Å²) < 4.78 is 5.69. The number of likely N-dealkylation sites (tertiary alicyclic amines) is 1. The summed E-state index contributed by atoms with van der Waals surface area (Å²) in [7, 11) is 2.17. The Bertz CT molecular complexity index is 1330. The van der Waals surface area contributed by atoms with Gasteiger partial charge >= 0.3 is 0 Å². The Labute approximate surface area is 198 Å². The van der Waals surface area contributed by atoms with Crippen LogP contribution in [-0.4, -0.2) is 57.5 Å². The fraction of sp³-hybridized carbons (Fsp3) is 0.444. The van der Waals surface area contributed by atoms with E-state index in [1.807, 2.05) is 38.4 Å². The van der Waals surface area contributed by atoms with Crippen LogP contribution >= 0.6 is 0 Å². The second kappa shape index (κ2) is 6.69. The van der Waals surface area contributed by atoms with Crippen LogP contribution in [0.3, 0.4) is 0 Å². The van der Waals surface area contributed by atoms with Crippen molar-refractivity contribution in [1.82, 2.24) is 25.2 Å². The Balaban J connectivity index is 1.32. The molecule has 7 nitrogen and oxygen atoms in total. The zero-order chi connectivity index (χ0) is 23.2. The summed E-state index contributed by atoms with van der Waals surface area (Å²) in [6, 6.07) is 6.05. The van der Waals surface area contributed by atoms with Crippen LogP contribution in [0.1, 0.15) is 53.9 Å². The molecule has 0 radical (unpaired) electrons. The summed E-state index contributed by atoms with van der Waals surface area (Å²) in [5, 5.41) is 3.43. The van der Waals surface area contributed by atoms with Gasteiger partial charge in [0, 0.05) is 48.4 Å². The third-order valence-corrected chi connectivity index (χ3v) is 8.20. The molecule has 2 N–H and O–H groups in total. The number of likely N-dealkylation sites (N-methyl/N-ethyl adjacent to an activating group) is 1. The van der Waals surface area contributed by atoms with E-state index >= 15 is 0 Å². The lowest BCUT2D eigenvalue weighted by Crippen LogP contribution is -2.71. The molecule has 4 aliphatic rings. The first kappa shape index (κ1) is 20.2. The molecule has 2 aliphatic heterocycles. The lowest BCUT2D eigenvalue weighted by Gasteiger charge is -2.55. The zero-order valence-electron chi connectivity index (χ0n) is 19.9. The minimum absolute atomic E-state index is 0.00845. The molecule has 34 heavy (non-hydrogen) atoms. The van der Waals surface area contributed by atoms with Crippen LogP contribution in [0.25, 0.3) is 22.5 Å². The van der Waals surface area contributed by atoms with Crippen molar-refractivity contribution in [2.24, 2.45) is 0 Å². The summed E-state index contributed by atoms with van der Waals surface area (Å²) in [4.78, 5) is 28.7. The van der Waals surface area contributed by atoms with Crippen molar-refractivity contribution >= 4 is 5.91 Å². The van der Waals surface area contributed by atoms with Crippen LogP contribution in [0.5, 0.6) is 5.88 Å².